The number of rotatable bonds is 3. The van der Waals surface area contributed by atoms with Gasteiger partial charge in [-0.1, -0.05) is 33.8 Å². The molecular weight excluding hydrogens is 218 g/mol. The van der Waals surface area contributed by atoms with Gasteiger partial charge in [0.2, 0.25) is 0 Å². The minimum absolute atomic E-state index is 0.171. The molecule has 0 aliphatic heterocycles. The molecule has 16 heavy (non-hydrogen) atoms. The maximum absolute atomic E-state index is 9.79. The minimum Gasteiger partial charge on any atom is -0.388 e. The predicted molar refractivity (Wildman–Crippen MR) is 69.8 cm³/mol. The second-order valence-corrected chi connectivity index (χ2v) is 6.81. The Kier molecular flexibility index (Phi) is 4.39. The SMILES string of the molecule is CCC(O)c1ccc(SC(C)(C)C)nc1C. The standard InChI is InChI=1S/C13H21NOS/c1-6-11(15)10-7-8-12(14-9(10)2)16-13(3,4)5/h7-8,11,15H,6H2,1-5H3. The highest BCUT2D eigenvalue weighted by Crippen LogP contribution is 2.31. The van der Waals surface area contributed by atoms with Crippen LogP contribution in [0.25, 0.3) is 0 Å². The van der Waals surface area contributed by atoms with Crippen molar-refractivity contribution in [1.82, 2.24) is 4.98 Å². The van der Waals surface area contributed by atoms with Gasteiger partial charge in [0, 0.05) is 16.0 Å². The topological polar surface area (TPSA) is 33.1 Å². The quantitative estimate of drug-likeness (QED) is 0.816. The fourth-order valence-corrected chi connectivity index (χ4v) is 2.44. The first kappa shape index (κ1) is 13.5. The van der Waals surface area contributed by atoms with Gasteiger partial charge in [0.1, 0.15) is 0 Å². The summed E-state index contributed by atoms with van der Waals surface area (Å²) in [7, 11) is 0. The average Bonchev–Trinajstić information content (AvgIpc) is 2.14. The second kappa shape index (κ2) is 5.19. The van der Waals surface area contributed by atoms with Gasteiger partial charge in [0.15, 0.2) is 0 Å². The van der Waals surface area contributed by atoms with Crippen molar-refractivity contribution < 1.29 is 5.11 Å². The third-order valence-electron chi connectivity index (χ3n) is 2.26. The van der Waals surface area contributed by atoms with Crippen LogP contribution in [-0.4, -0.2) is 14.8 Å². The van der Waals surface area contributed by atoms with Crippen LogP contribution >= 0.6 is 11.8 Å². The molecule has 0 radical (unpaired) electrons. The number of hydrogen-bond acceptors (Lipinski definition) is 3. The molecule has 0 aromatic carbocycles. The predicted octanol–water partition coefficient (Wildman–Crippen LogP) is 3.72. The number of thioether (sulfide) groups is 1. The maximum Gasteiger partial charge on any atom is 0.0968 e. The number of aliphatic hydroxyl groups is 1. The highest BCUT2D eigenvalue weighted by Gasteiger charge is 2.15. The summed E-state index contributed by atoms with van der Waals surface area (Å²) in [5.74, 6) is 0. The average molecular weight is 239 g/mol. The zero-order chi connectivity index (χ0) is 12.3. The van der Waals surface area contributed by atoms with Crippen molar-refractivity contribution in [3.8, 4) is 0 Å². The Morgan fingerprint density at radius 2 is 2.00 bits per heavy atom. The molecule has 3 heteroatoms. The van der Waals surface area contributed by atoms with E-state index >= 15 is 0 Å². The molecule has 0 saturated heterocycles. The molecule has 1 aromatic rings. The van der Waals surface area contributed by atoms with E-state index in [-0.39, 0.29) is 10.9 Å². The normalized spacial score (nSPS) is 13.9. The molecule has 1 aromatic heterocycles. The van der Waals surface area contributed by atoms with Crippen molar-refractivity contribution in [1.29, 1.82) is 0 Å². The van der Waals surface area contributed by atoms with Crippen LogP contribution in [-0.2, 0) is 0 Å². The number of aryl methyl sites for hydroxylation is 1. The van der Waals surface area contributed by atoms with E-state index in [1.54, 1.807) is 11.8 Å². The number of pyridine rings is 1. The van der Waals surface area contributed by atoms with Crippen LogP contribution in [0.3, 0.4) is 0 Å². The first-order valence-electron chi connectivity index (χ1n) is 5.68. The van der Waals surface area contributed by atoms with Crippen molar-refractivity contribution in [3.05, 3.63) is 23.4 Å². The van der Waals surface area contributed by atoms with Crippen LogP contribution < -0.4 is 0 Å². The van der Waals surface area contributed by atoms with Crippen LogP contribution in [0.2, 0.25) is 0 Å². The lowest BCUT2D eigenvalue weighted by Crippen LogP contribution is -2.08. The summed E-state index contributed by atoms with van der Waals surface area (Å²) in [4.78, 5) is 4.53. The lowest BCUT2D eigenvalue weighted by Gasteiger charge is -2.18. The number of aliphatic hydroxyl groups excluding tert-OH is 1. The first-order chi connectivity index (χ1) is 7.33. The molecule has 0 aliphatic carbocycles. The van der Waals surface area contributed by atoms with E-state index in [1.807, 2.05) is 26.0 Å². The van der Waals surface area contributed by atoms with Crippen molar-refractivity contribution in [2.24, 2.45) is 0 Å². The van der Waals surface area contributed by atoms with Crippen molar-refractivity contribution in [2.75, 3.05) is 0 Å². The molecule has 1 atom stereocenters. The molecule has 90 valence electrons. The van der Waals surface area contributed by atoms with Gasteiger partial charge < -0.3 is 5.11 Å². The first-order valence-corrected chi connectivity index (χ1v) is 6.49. The smallest absolute Gasteiger partial charge is 0.0968 e. The van der Waals surface area contributed by atoms with Crippen LogP contribution in [0.1, 0.15) is 51.5 Å². The lowest BCUT2D eigenvalue weighted by molar-refractivity contribution is 0.172. The van der Waals surface area contributed by atoms with E-state index in [0.717, 1.165) is 22.7 Å². The van der Waals surface area contributed by atoms with Gasteiger partial charge in [-0.2, -0.15) is 0 Å². The summed E-state index contributed by atoms with van der Waals surface area (Å²) in [6, 6.07) is 3.99. The zero-order valence-corrected chi connectivity index (χ0v) is 11.6. The molecule has 0 spiro atoms. The van der Waals surface area contributed by atoms with E-state index in [4.69, 9.17) is 0 Å². The Labute approximate surface area is 102 Å². The van der Waals surface area contributed by atoms with Gasteiger partial charge in [-0.15, -0.1) is 11.8 Å². The van der Waals surface area contributed by atoms with Gasteiger partial charge in [0.05, 0.1) is 11.1 Å². The molecule has 0 fully saturated rings. The van der Waals surface area contributed by atoms with Crippen molar-refractivity contribution in [3.63, 3.8) is 0 Å². The number of aromatic nitrogens is 1. The summed E-state index contributed by atoms with van der Waals surface area (Å²) in [6.07, 6.45) is 0.343. The van der Waals surface area contributed by atoms with Gasteiger partial charge in [0.25, 0.3) is 0 Å². The molecule has 1 heterocycles. The Hall–Kier alpha value is -0.540. The zero-order valence-electron chi connectivity index (χ0n) is 10.7. The summed E-state index contributed by atoms with van der Waals surface area (Å²) >= 11 is 1.75. The number of hydrogen-bond donors (Lipinski definition) is 1. The third kappa shape index (κ3) is 3.80. The van der Waals surface area contributed by atoms with E-state index < -0.39 is 0 Å². The highest BCUT2D eigenvalue weighted by molar-refractivity contribution is 8.00. The Morgan fingerprint density at radius 3 is 2.44 bits per heavy atom. The van der Waals surface area contributed by atoms with Crippen LogP contribution in [0.4, 0.5) is 0 Å². The lowest BCUT2D eigenvalue weighted by atomic mass is 10.1. The maximum atomic E-state index is 9.79. The molecular formula is C13H21NOS. The second-order valence-electron chi connectivity index (χ2n) is 4.96. The fraction of sp³-hybridized carbons (Fsp3) is 0.615. The molecule has 0 bridgehead atoms. The van der Waals surface area contributed by atoms with E-state index in [2.05, 4.69) is 25.8 Å². The minimum atomic E-state index is -0.388. The van der Waals surface area contributed by atoms with Gasteiger partial charge in [-0.3, -0.25) is 0 Å². The van der Waals surface area contributed by atoms with Crippen LogP contribution in [0.5, 0.6) is 0 Å². The van der Waals surface area contributed by atoms with Crippen LogP contribution in [0, 0.1) is 6.92 Å². The molecule has 1 N–H and O–H groups in total. The monoisotopic (exact) mass is 239 g/mol. The van der Waals surface area contributed by atoms with E-state index in [0.29, 0.717) is 0 Å². The fourth-order valence-electron chi connectivity index (χ4n) is 1.49. The largest absolute Gasteiger partial charge is 0.388 e. The summed E-state index contributed by atoms with van der Waals surface area (Å²) in [5.41, 5.74) is 1.88. The van der Waals surface area contributed by atoms with Gasteiger partial charge >= 0.3 is 0 Å². The van der Waals surface area contributed by atoms with E-state index in [1.165, 1.54) is 0 Å². The summed E-state index contributed by atoms with van der Waals surface area (Å²) in [6.45, 7) is 10.4. The van der Waals surface area contributed by atoms with Gasteiger partial charge in [-0.05, 0) is 19.4 Å². The van der Waals surface area contributed by atoms with Crippen LogP contribution in [0.15, 0.2) is 17.2 Å². The molecule has 1 unspecified atom stereocenters. The molecule has 0 saturated carbocycles. The summed E-state index contributed by atoms with van der Waals surface area (Å²) < 4.78 is 0.171. The summed E-state index contributed by atoms with van der Waals surface area (Å²) in [5, 5.41) is 10.8. The van der Waals surface area contributed by atoms with Crippen molar-refractivity contribution in [2.45, 2.75) is 56.9 Å². The molecule has 0 aliphatic rings. The molecule has 1 rings (SSSR count). The Morgan fingerprint density at radius 1 is 1.38 bits per heavy atom. The number of nitrogens with zero attached hydrogens (tertiary/aromatic N) is 1. The third-order valence-corrected chi connectivity index (χ3v) is 3.31. The van der Waals surface area contributed by atoms with Crippen molar-refractivity contribution >= 4 is 11.8 Å². The Bertz CT molecular complexity index is 357. The molecule has 0 amide bonds. The van der Waals surface area contributed by atoms with Gasteiger partial charge in [-0.25, -0.2) is 4.98 Å². The molecule has 2 nitrogen and oxygen atoms in total. The Balaban J connectivity index is 2.91. The highest BCUT2D eigenvalue weighted by atomic mass is 32.2. The van der Waals surface area contributed by atoms with E-state index in [9.17, 15) is 5.11 Å².